The minimum atomic E-state index is 0. The van der Waals surface area contributed by atoms with Crippen molar-refractivity contribution < 1.29 is 9.53 Å². The zero-order valence-corrected chi connectivity index (χ0v) is 15.3. The topological polar surface area (TPSA) is 55.6 Å². The third kappa shape index (κ3) is 4.67. The largest absolute Gasteiger partial charge is 0.497 e. The van der Waals surface area contributed by atoms with Crippen LogP contribution in [-0.2, 0) is 6.42 Å². The van der Waals surface area contributed by atoms with E-state index >= 15 is 0 Å². The molecule has 1 heterocycles. The van der Waals surface area contributed by atoms with E-state index < -0.39 is 0 Å². The molecule has 1 aliphatic rings. The van der Waals surface area contributed by atoms with Crippen LogP contribution in [0.5, 0.6) is 5.75 Å². The molecule has 0 bridgehead atoms. The third-order valence-electron chi connectivity index (χ3n) is 4.78. The number of halogens is 1. The standard InChI is InChI=1S/C20H24N2O2.ClH/c1-24-17-8-6-15(7-9-17)14-16-10-12-22(13-11-16)20(23)18-4-2-3-5-19(18)21;/h2-9,16H,10-14,21H2,1H3;1H. The summed E-state index contributed by atoms with van der Waals surface area (Å²) in [5.41, 5.74) is 8.43. The predicted octanol–water partition coefficient (Wildman–Crippen LogP) is 3.79. The van der Waals surface area contributed by atoms with Gasteiger partial charge in [-0.1, -0.05) is 24.3 Å². The summed E-state index contributed by atoms with van der Waals surface area (Å²) < 4.78 is 5.20. The van der Waals surface area contributed by atoms with Crippen molar-refractivity contribution in [3.05, 3.63) is 59.7 Å². The summed E-state index contributed by atoms with van der Waals surface area (Å²) in [6.07, 6.45) is 3.12. The van der Waals surface area contributed by atoms with Gasteiger partial charge in [0.25, 0.3) is 5.91 Å². The summed E-state index contributed by atoms with van der Waals surface area (Å²) in [6, 6.07) is 15.6. The number of hydrogen-bond donors (Lipinski definition) is 1. The minimum absolute atomic E-state index is 0. The average Bonchev–Trinajstić information content (AvgIpc) is 2.63. The summed E-state index contributed by atoms with van der Waals surface area (Å²) in [4.78, 5) is 14.5. The summed E-state index contributed by atoms with van der Waals surface area (Å²) >= 11 is 0. The molecule has 0 spiro atoms. The van der Waals surface area contributed by atoms with E-state index in [1.165, 1.54) is 5.56 Å². The van der Waals surface area contributed by atoms with Crippen LogP contribution in [0.25, 0.3) is 0 Å². The van der Waals surface area contributed by atoms with Crippen molar-refractivity contribution in [3.8, 4) is 5.75 Å². The van der Waals surface area contributed by atoms with E-state index in [0.29, 0.717) is 17.2 Å². The molecule has 25 heavy (non-hydrogen) atoms. The highest BCUT2D eigenvalue weighted by atomic mass is 35.5. The number of nitrogens with two attached hydrogens (primary N) is 1. The Morgan fingerprint density at radius 1 is 1.12 bits per heavy atom. The normalized spacial score (nSPS) is 14.7. The van der Waals surface area contributed by atoms with E-state index in [0.717, 1.165) is 38.1 Å². The molecule has 5 heteroatoms. The number of benzene rings is 2. The number of para-hydroxylation sites is 1. The van der Waals surface area contributed by atoms with Gasteiger partial charge in [0.1, 0.15) is 5.75 Å². The van der Waals surface area contributed by atoms with Crippen molar-refractivity contribution >= 4 is 24.0 Å². The summed E-state index contributed by atoms with van der Waals surface area (Å²) in [6.45, 7) is 1.60. The van der Waals surface area contributed by atoms with Crippen molar-refractivity contribution in [1.82, 2.24) is 4.90 Å². The molecule has 0 saturated carbocycles. The van der Waals surface area contributed by atoms with Gasteiger partial charge in [-0.25, -0.2) is 0 Å². The Labute approximate surface area is 155 Å². The lowest BCUT2D eigenvalue weighted by Crippen LogP contribution is -2.39. The van der Waals surface area contributed by atoms with Gasteiger partial charge in [-0.2, -0.15) is 0 Å². The van der Waals surface area contributed by atoms with Crippen LogP contribution in [-0.4, -0.2) is 31.0 Å². The van der Waals surface area contributed by atoms with E-state index in [9.17, 15) is 4.79 Å². The first-order chi connectivity index (χ1) is 11.7. The smallest absolute Gasteiger partial charge is 0.255 e. The number of piperidine rings is 1. The van der Waals surface area contributed by atoms with Crippen LogP contribution >= 0.6 is 12.4 Å². The zero-order valence-electron chi connectivity index (χ0n) is 14.5. The number of nitrogens with zero attached hydrogens (tertiary/aromatic N) is 1. The van der Waals surface area contributed by atoms with Crippen LogP contribution in [0.1, 0.15) is 28.8 Å². The first kappa shape index (κ1) is 19.1. The van der Waals surface area contributed by atoms with Crippen LogP contribution in [0.15, 0.2) is 48.5 Å². The van der Waals surface area contributed by atoms with Gasteiger partial charge in [-0.05, 0) is 55.0 Å². The highest BCUT2D eigenvalue weighted by molar-refractivity contribution is 5.99. The highest BCUT2D eigenvalue weighted by Crippen LogP contribution is 2.24. The maximum Gasteiger partial charge on any atom is 0.255 e. The van der Waals surface area contributed by atoms with E-state index in [2.05, 4.69) is 12.1 Å². The Morgan fingerprint density at radius 2 is 1.76 bits per heavy atom. The molecule has 0 aliphatic carbocycles. The number of methoxy groups -OCH3 is 1. The van der Waals surface area contributed by atoms with Crippen LogP contribution in [0, 0.1) is 5.92 Å². The van der Waals surface area contributed by atoms with E-state index in [1.807, 2.05) is 29.2 Å². The second-order valence-electron chi connectivity index (χ2n) is 6.38. The molecule has 2 N–H and O–H groups in total. The Morgan fingerprint density at radius 3 is 2.36 bits per heavy atom. The van der Waals surface area contributed by atoms with Crippen molar-refractivity contribution in [2.24, 2.45) is 5.92 Å². The number of hydrogen-bond acceptors (Lipinski definition) is 3. The molecule has 1 saturated heterocycles. The number of carbonyl (C=O) groups is 1. The molecule has 4 nitrogen and oxygen atoms in total. The fraction of sp³-hybridized carbons (Fsp3) is 0.350. The fourth-order valence-corrected chi connectivity index (χ4v) is 3.30. The van der Waals surface area contributed by atoms with Gasteiger partial charge < -0.3 is 15.4 Å². The van der Waals surface area contributed by atoms with Crippen molar-refractivity contribution in [2.75, 3.05) is 25.9 Å². The molecule has 3 rings (SSSR count). The highest BCUT2D eigenvalue weighted by Gasteiger charge is 2.24. The molecule has 1 amide bonds. The lowest BCUT2D eigenvalue weighted by Gasteiger charge is -2.32. The molecule has 134 valence electrons. The molecule has 2 aromatic carbocycles. The van der Waals surface area contributed by atoms with Crippen LogP contribution in [0.4, 0.5) is 5.69 Å². The van der Waals surface area contributed by atoms with E-state index in [-0.39, 0.29) is 18.3 Å². The second-order valence-corrected chi connectivity index (χ2v) is 6.38. The predicted molar refractivity (Wildman–Crippen MR) is 103 cm³/mol. The maximum absolute atomic E-state index is 12.6. The first-order valence-electron chi connectivity index (χ1n) is 8.44. The lowest BCUT2D eigenvalue weighted by atomic mass is 9.90. The van der Waals surface area contributed by atoms with Crippen molar-refractivity contribution in [3.63, 3.8) is 0 Å². The number of rotatable bonds is 4. The van der Waals surface area contributed by atoms with E-state index in [4.69, 9.17) is 10.5 Å². The molecular formula is C20H25ClN2O2. The minimum Gasteiger partial charge on any atom is -0.497 e. The van der Waals surface area contributed by atoms with Gasteiger partial charge in [0.2, 0.25) is 0 Å². The van der Waals surface area contributed by atoms with Crippen LogP contribution < -0.4 is 10.5 Å². The molecule has 1 fully saturated rings. The van der Waals surface area contributed by atoms with Gasteiger partial charge in [-0.3, -0.25) is 4.79 Å². The Balaban J connectivity index is 0.00000225. The number of carbonyl (C=O) groups excluding carboxylic acids is 1. The number of ether oxygens (including phenoxy) is 1. The summed E-state index contributed by atoms with van der Waals surface area (Å²) in [5.74, 6) is 1.56. The molecular weight excluding hydrogens is 336 g/mol. The molecule has 0 unspecified atom stereocenters. The van der Waals surface area contributed by atoms with Gasteiger partial charge in [0.15, 0.2) is 0 Å². The average molecular weight is 361 g/mol. The van der Waals surface area contributed by atoms with Gasteiger partial charge in [-0.15, -0.1) is 12.4 Å². The Kier molecular flexibility index (Phi) is 6.71. The molecule has 1 aliphatic heterocycles. The van der Waals surface area contributed by atoms with Gasteiger partial charge in [0, 0.05) is 18.8 Å². The Bertz CT molecular complexity index is 695. The van der Waals surface area contributed by atoms with Gasteiger partial charge >= 0.3 is 0 Å². The third-order valence-corrected chi connectivity index (χ3v) is 4.78. The number of anilines is 1. The number of likely N-dealkylation sites (tertiary alicyclic amines) is 1. The number of nitrogen functional groups attached to an aromatic ring is 1. The lowest BCUT2D eigenvalue weighted by molar-refractivity contribution is 0.0691. The first-order valence-corrected chi connectivity index (χ1v) is 8.44. The summed E-state index contributed by atoms with van der Waals surface area (Å²) in [7, 11) is 1.68. The molecule has 2 aromatic rings. The van der Waals surface area contributed by atoms with E-state index in [1.54, 1.807) is 19.2 Å². The fourth-order valence-electron chi connectivity index (χ4n) is 3.30. The number of amides is 1. The van der Waals surface area contributed by atoms with Crippen molar-refractivity contribution in [2.45, 2.75) is 19.3 Å². The van der Waals surface area contributed by atoms with Crippen molar-refractivity contribution in [1.29, 1.82) is 0 Å². The SMILES string of the molecule is COc1ccc(CC2CCN(C(=O)c3ccccc3N)CC2)cc1.Cl. The zero-order chi connectivity index (χ0) is 16.9. The van der Waals surface area contributed by atoms with Crippen LogP contribution in [0.2, 0.25) is 0 Å². The monoisotopic (exact) mass is 360 g/mol. The summed E-state index contributed by atoms with van der Waals surface area (Å²) in [5, 5.41) is 0. The quantitative estimate of drug-likeness (QED) is 0.844. The second kappa shape index (κ2) is 8.77. The van der Waals surface area contributed by atoms with Crippen LogP contribution in [0.3, 0.4) is 0 Å². The maximum atomic E-state index is 12.6. The van der Waals surface area contributed by atoms with Gasteiger partial charge in [0.05, 0.1) is 12.7 Å². The molecule has 0 aromatic heterocycles. The molecule has 0 radical (unpaired) electrons. The molecule has 0 atom stereocenters. The Hall–Kier alpha value is -2.20.